The molecule has 2 aliphatic rings. The van der Waals surface area contributed by atoms with Gasteiger partial charge in [0, 0.05) is 24.0 Å². The molecule has 1 unspecified atom stereocenters. The average molecular weight is 496 g/mol. The van der Waals surface area contributed by atoms with Gasteiger partial charge >= 0.3 is 18.2 Å². The maximum atomic E-state index is 13.0. The summed E-state index contributed by atoms with van der Waals surface area (Å²) >= 11 is 6.29. The van der Waals surface area contributed by atoms with E-state index in [2.05, 4.69) is 20.3 Å². The topological polar surface area (TPSA) is 100 Å². The fourth-order valence-corrected chi connectivity index (χ4v) is 3.93. The van der Waals surface area contributed by atoms with Gasteiger partial charge in [-0.1, -0.05) is 23.8 Å². The molecule has 3 heterocycles. The van der Waals surface area contributed by atoms with Gasteiger partial charge in [-0.25, -0.2) is 4.98 Å². The second-order valence-electron chi connectivity index (χ2n) is 7.78. The van der Waals surface area contributed by atoms with Gasteiger partial charge < -0.3 is 20.1 Å². The monoisotopic (exact) mass is 495 g/mol. The van der Waals surface area contributed by atoms with Crippen LogP contribution in [0.25, 0.3) is 0 Å². The molecule has 0 bridgehead atoms. The Hall–Kier alpha value is -3.34. The van der Waals surface area contributed by atoms with Gasteiger partial charge in [-0.2, -0.15) is 23.1 Å². The highest BCUT2D eigenvalue weighted by molar-refractivity contribution is 6.32. The van der Waals surface area contributed by atoms with Crippen LogP contribution in [-0.2, 0) is 17.8 Å². The number of halogens is 4. The summed E-state index contributed by atoms with van der Waals surface area (Å²) in [6.07, 6.45) is 1.43. The zero-order valence-corrected chi connectivity index (χ0v) is 18.6. The number of rotatable bonds is 7. The lowest BCUT2D eigenvalue weighted by Crippen LogP contribution is -2.33. The zero-order valence-electron chi connectivity index (χ0n) is 17.8. The first-order chi connectivity index (χ1) is 16.2. The van der Waals surface area contributed by atoms with Crippen molar-refractivity contribution >= 4 is 29.2 Å². The number of nitrogens with one attached hydrogen (secondary N) is 1. The van der Waals surface area contributed by atoms with E-state index >= 15 is 0 Å². The molecule has 12 heteroatoms. The second-order valence-corrected chi connectivity index (χ2v) is 8.19. The molecule has 2 aromatic heterocycles. The minimum atomic E-state index is -4.30. The highest BCUT2D eigenvalue weighted by Crippen LogP contribution is 2.35. The number of pyridine rings is 1. The number of anilines is 2. The Kier molecular flexibility index (Phi) is 6.92. The SMILES string of the molecule is O=C(O)CCOc1nc2c(c(NC3=CCC(C(F)(F)F)C=C3)n1)CCN(c1ncccc1Cl)C2. The molecule has 0 aromatic carbocycles. The highest BCUT2D eigenvalue weighted by atomic mass is 35.5. The summed E-state index contributed by atoms with van der Waals surface area (Å²) in [4.78, 5) is 25.9. The molecule has 0 radical (unpaired) electrons. The Labute approximate surface area is 198 Å². The van der Waals surface area contributed by atoms with Crippen LogP contribution in [0.4, 0.5) is 24.8 Å². The number of hydrogen-bond acceptors (Lipinski definition) is 7. The van der Waals surface area contributed by atoms with E-state index in [1.54, 1.807) is 18.3 Å². The summed E-state index contributed by atoms with van der Waals surface area (Å²) in [5.41, 5.74) is 1.90. The van der Waals surface area contributed by atoms with Crippen molar-refractivity contribution in [3.63, 3.8) is 0 Å². The van der Waals surface area contributed by atoms with Crippen molar-refractivity contribution in [3.05, 3.63) is 58.5 Å². The largest absolute Gasteiger partial charge is 0.481 e. The van der Waals surface area contributed by atoms with Crippen molar-refractivity contribution in [1.29, 1.82) is 0 Å². The molecule has 1 aliphatic carbocycles. The molecule has 0 saturated carbocycles. The van der Waals surface area contributed by atoms with Crippen molar-refractivity contribution in [2.45, 2.75) is 32.0 Å². The lowest BCUT2D eigenvalue weighted by molar-refractivity contribution is -0.160. The Morgan fingerprint density at radius 1 is 1.35 bits per heavy atom. The van der Waals surface area contributed by atoms with E-state index < -0.39 is 18.1 Å². The summed E-state index contributed by atoms with van der Waals surface area (Å²) in [6.45, 7) is 0.800. The van der Waals surface area contributed by atoms with Crippen molar-refractivity contribution < 1.29 is 27.8 Å². The van der Waals surface area contributed by atoms with Gasteiger partial charge in [-0.05, 0) is 31.1 Å². The van der Waals surface area contributed by atoms with Gasteiger partial charge in [0.15, 0.2) is 0 Å². The van der Waals surface area contributed by atoms with Gasteiger partial charge in [0.25, 0.3) is 0 Å². The van der Waals surface area contributed by atoms with Gasteiger partial charge in [0.05, 0.1) is 29.6 Å². The van der Waals surface area contributed by atoms with Crippen molar-refractivity contribution in [2.75, 3.05) is 23.4 Å². The predicted molar refractivity (Wildman–Crippen MR) is 119 cm³/mol. The fourth-order valence-electron chi connectivity index (χ4n) is 3.69. The zero-order chi connectivity index (χ0) is 24.3. The molecule has 1 aliphatic heterocycles. The molecule has 0 fully saturated rings. The maximum Gasteiger partial charge on any atom is 0.395 e. The van der Waals surface area contributed by atoms with E-state index in [-0.39, 0.29) is 25.5 Å². The molecule has 2 N–H and O–H groups in total. The van der Waals surface area contributed by atoms with Gasteiger partial charge in [0.1, 0.15) is 18.2 Å². The lowest BCUT2D eigenvalue weighted by Gasteiger charge is -2.31. The molecular formula is C22H21ClF3N5O3. The molecular weight excluding hydrogens is 475 g/mol. The minimum Gasteiger partial charge on any atom is -0.481 e. The third-order valence-electron chi connectivity index (χ3n) is 5.41. The van der Waals surface area contributed by atoms with Crippen LogP contribution < -0.4 is 15.0 Å². The van der Waals surface area contributed by atoms with Crippen LogP contribution >= 0.6 is 11.6 Å². The van der Waals surface area contributed by atoms with Crippen LogP contribution in [0.3, 0.4) is 0 Å². The number of carbonyl (C=O) groups is 1. The van der Waals surface area contributed by atoms with E-state index in [0.29, 0.717) is 47.6 Å². The van der Waals surface area contributed by atoms with Gasteiger partial charge in [-0.3, -0.25) is 4.79 Å². The number of aliphatic carboxylic acids is 1. The first kappa shape index (κ1) is 23.8. The van der Waals surface area contributed by atoms with Crippen LogP contribution in [0.5, 0.6) is 6.01 Å². The Bertz CT molecular complexity index is 1140. The summed E-state index contributed by atoms with van der Waals surface area (Å²) in [5.74, 6) is -1.54. The van der Waals surface area contributed by atoms with E-state index in [0.717, 1.165) is 11.6 Å². The Morgan fingerprint density at radius 3 is 2.85 bits per heavy atom. The summed E-state index contributed by atoms with van der Waals surface area (Å²) < 4.78 is 44.3. The molecule has 1 atom stereocenters. The van der Waals surface area contributed by atoms with Crippen LogP contribution in [0.1, 0.15) is 24.1 Å². The van der Waals surface area contributed by atoms with Crippen molar-refractivity contribution in [3.8, 4) is 6.01 Å². The van der Waals surface area contributed by atoms with E-state index in [1.165, 1.54) is 12.2 Å². The fraction of sp³-hybridized carbons (Fsp3) is 0.364. The Balaban J connectivity index is 1.59. The lowest BCUT2D eigenvalue weighted by atomic mass is 9.98. The number of nitrogens with zero attached hydrogens (tertiary/aromatic N) is 4. The molecule has 0 spiro atoms. The number of fused-ring (bicyclic) bond motifs is 1. The van der Waals surface area contributed by atoms with E-state index in [9.17, 15) is 18.0 Å². The molecule has 4 rings (SSSR count). The number of aromatic nitrogens is 3. The minimum absolute atomic E-state index is 0.0231. The summed E-state index contributed by atoms with van der Waals surface area (Å²) in [7, 11) is 0. The molecule has 0 amide bonds. The van der Waals surface area contributed by atoms with Gasteiger partial charge in [-0.15, -0.1) is 0 Å². The molecule has 0 saturated heterocycles. The first-order valence-electron chi connectivity index (χ1n) is 10.5. The van der Waals surface area contributed by atoms with Gasteiger partial charge in [0.2, 0.25) is 0 Å². The number of alkyl halides is 3. The third kappa shape index (κ3) is 5.58. The normalized spacial score (nSPS) is 17.7. The van der Waals surface area contributed by atoms with Crippen LogP contribution in [0, 0.1) is 5.92 Å². The van der Waals surface area contributed by atoms with Crippen LogP contribution in [0.2, 0.25) is 5.02 Å². The first-order valence-corrected chi connectivity index (χ1v) is 10.9. The maximum absolute atomic E-state index is 13.0. The smallest absolute Gasteiger partial charge is 0.395 e. The van der Waals surface area contributed by atoms with Crippen molar-refractivity contribution in [2.24, 2.45) is 5.92 Å². The summed E-state index contributed by atoms with van der Waals surface area (Å²) in [5, 5.41) is 12.4. The molecule has 180 valence electrons. The number of hydrogen-bond donors (Lipinski definition) is 2. The second kappa shape index (κ2) is 9.88. The number of carboxylic acid groups (broad SMARTS) is 1. The van der Waals surface area contributed by atoms with Crippen LogP contribution in [0.15, 0.2) is 42.3 Å². The number of carboxylic acids is 1. The third-order valence-corrected chi connectivity index (χ3v) is 5.71. The van der Waals surface area contributed by atoms with E-state index in [4.69, 9.17) is 21.4 Å². The number of ether oxygens (including phenoxy) is 1. The standard InChI is InChI=1S/C22H21ClF3N5O3/c23-16-2-1-9-27-20(16)31-10-7-15-17(12-31)29-21(34-11-8-18(32)33)30-19(15)28-14-5-3-13(4-6-14)22(24,25)26/h1-3,5-6,9,13H,4,7-8,10-12H2,(H,32,33)(H,28,29,30). The highest BCUT2D eigenvalue weighted by Gasteiger charge is 2.38. The molecule has 34 heavy (non-hydrogen) atoms. The molecule has 8 nitrogen and oxygen atoms in total. The van der Waals surface area contributed by atoms with E-state index in [1.807, 2.05) is 4.90 Å². The van der Waals surface area contributed by atoms with Crippen molar-refractivity contribution in [1.82, 2.24) is 15.0 Å². The predicted octanol–water partition coefficient (Wildman–Crippen LogP) is 4.38. The Morgan fingerprint density at radius 2 is 2.18 bits per heavy atom. The number of allylic oxidation sites excluding steroid dienone is 3. The van der Waals surface area contributed by atoms with Crippen LogP contribution in [-0.4, -0.2) is 45.4 Å². The molecule has 2 aromatic rings. The summed E-state index contributed by atoms with van der Waals surface area (Å²) in [6, 6.07) is 3.45. The average Bonchev–Trinajstić information content (AvgIpc) is 2.78. The quantitative estimate of drug-likeness (QED) is 0.584.